The van der Waals surface area contributed by atoms with Gasteiger partial charge in [0, 0.05) is 6.42 Å². The highest BCUT2D eigenvalue weighted by atomic mass is 16.8. The van der Waals surface area contributed by atoms with Crippen molar-refractivity contribution in [3.05, 3.63) is 72.9 Å². The highest BCUT2D eigenvalue weighted by molar-refractivity contribution is 5.76. The van der Waals surface area contributed by atoms with Gasteiger partial charge in [0.1, 0.15) is 73.2 Å². The van der Waals surface area contributed by atoms with Gasteiger partial charge in [0.2, 0.25) is 5.91 Å². The summed E-state index contributed by atoms with van der Waals surface area (Å²) in [5, 5.41) is 121. The van der Waals surface area contributed by atoms with E-state index in [0.717, 1.165) is 64.2 Å². The van der Waals surface area contributed by atoms with E-state index in [1.807, 2.05) is 6.08 Å². The predicted molar refractivity (Wildman–Crippen MR) is 429 cm³/mol. The molecular formula is C88H159NO18. The van der Waals surface area contributed by atoms with Crippen LogP contribution >= 0.6 is 0 Å². The van der Waals surface area contributed by atoms with E-state index in [0.29, 0.717) is 12.8 Å². The van der Waals surface area contributed by atoms with Crippen molar-refractivity contribution in [2.24, 2.45) is 0 Å². The molecule has 0 spiro atoms. The first-order chi connectivity index (χ1) is 52.3. The average Bonchev–Trinajstić information content (AvgIpc) is 0.781. The fourth-order valence-electron chi connectivity index (χ4n) is 14.6. The second kappa shape index (κ2) is 67.7. The van der Waals surface area contributed by atoms with Crippen LogP contribution in [0, 0.1) is 0 Å². The summed E-state index contributed by atoms with van der Waals surface area (Å²) in [4.78, 5) is 13.5. The standard InChI is InChI=1S/C88H159NO18/c1-3-5-7-9-11-13-15-17-19-21-23-25-27-29-31-32-33-34-35-36-37-38-40-42-44-46-48-50-52-54-56-58-60-62-64-66-76(94)89-71(72(93)65-63-61-59-57-55-53-51-49-47-45-43-41-39-30-28-26-24-22-20-18-16-14-12-10-8-6-4-2)70-102-86-82(100)79(97)84(74(68-91)104-86)107-88-83(101)80(98)85(75(69-92)105-88)106-87-81(99)78(96)77(95)73(67-90)103-87/h5,7,11,13,17,19,23,25,55,57,63,65,71-75,77-88,90-93,95-101H,3-4,6,8-10,12,14-16,18,20-22,24,26-54,56,58-62,64,66-70H2,1-2H3,(H,89,94)/b7-5-,13-11-,19-17-,25-23-,57-55+,65-63+. The van der Waals surface area contributed by atoms with Crippen LogP contribution in [-0.4, -0.2) is 193 Å². The van der Waals surface area contributed by atoms with Crippen molar-refractivity contribution in [3.8, 4) is 0 Å². The van der Waals surface area contributed by atoms with Crippen LogP contribution in [0.25, 0.3) is 0 Å². The molecule has 0 aromatic rings. The van der Waals surface area contributed by atoms with Crippen LogP contribution in [0.15, 0.2) is 72.9 Å². The fraction of sp³-hybridized carbons (Fsp3) is 0.852. The van der Waals surface area contributed by atoms with Crippen molar-refractivity contribution in [2.75, 3.05) is 26.4 Å². The number of hydrogen-bond donors (Lipinski definition) is 12. The van der Waals surface area contributed by atoms with Crippen molar-refractivity contribution in [3.63, 3.8) is 0 Å². The number of allylic oxidation sites excluding steroid dienone is 11. The molecule has 0 bridgehead atoms. The number of aliphatic hydroxyl groups excluding tert-OH is 11. The van der Waals surface area contributed by atoms with Crippen LogP contribution in [0.4, 0.5) is 0 Å². The molecule has 12 N–H and O–H groups in total. The highest BCUT2D eigenvalue weighted by Gasteiger charge is 2.54. The first-order valence-corrected chi connectivity index (χ1v) is 43.7. The van der Waals surface area contributed by atoms with E-state index >= 15 is 0 Å². The topological polar surface area (TPSA) is 307 Å². The maximum atomic E-state index is 13.5. The Hall–Kier alpha value is -2.77. The Morgan fingerprint density at radius 1 is 0.346 bits per heavy atom. The van der Waals surface area contributed by atoms with Gasteiger partial charge in [-0.05, 0) is 70.6 Å². The summed E-state index contributed by atoms with van der Waals surface area (Å²) < 4.78 is 34.5. The van der Waals surface area contributed by atoms with Crippen molar-refractivity contribution in [1.82, 2.24) is 5.32 Å². The summed E-state index contributed by atoms with van der Waals surface area (Å²) in [6.07, 6.45) is 63.4. The number of rotatable bonds is 70. The zero-order chi connectivity index (χ0) is 77.4. The maximum Gasteiger partial charge on any atom is 0.220 e. The molecule has 17 atom stereocenters. The van der Waals surface area contributed by atoms with E-state index in [-0.39, 0.29) is 18.9 Å². The molecule has 0 aliphatic carbocycles. The molecular weight excluding hydrogens is 1360 g/mol. The van der Waals surface area contributed by atoms with Crippen LogP contribution < -0.4 is 5.32 Å². The van der Waals surface area contributed by atoms with Gasteiger partial charge in [0.15, 0.2) is 18.9 Å². The van der Waals surface area contributed by atoms with Crippen molar-refractivity contribution in [2.45, 2.75) is 452 Å². The van der Waals surface area contributed by atoms with E-state index < -0.39 is 124 Å². The molecule has 3 saturated heterocycles. The van der Waals surface area contributed by atoms with Crippen molar-refractivity contribution < 1.29 is 89.4 Å². The van der Waals surface area contributed by atoms with Crippen molar-refractivity contribution >= 4 is 5.91 Å². The van der Waals surface area contributed by atoms with Gasteiger partial charge in [0.05, 0.1) is 38.6 Å². The molecule has 3 fully saturated rings. The first-order valence-electron chi connectivity index (χ1n) is 43.7. The quantitative estimate of drug-likeness (QED) is 0.0199. The van der Waals surface area contributed by atoms with Crippen LogP contribution in [0.1, 0.15) is 348 Å². The van der Waals surface area contributed by atoms with Gasteiger partial charge in [-0.1, -0.05) is 344 Å². The van der Waals surface area contributed by atoms with Crippen LogP contribution in [-0.2, 0) is 33.2 Å². The summed E-state index contributed by atoms with van der Waals surface area (Å²) in [7, 11) is 0. The Kier molecular flexibility index (Phi) is 62.3. The van der Waals surface area contributed by atoms with Gasteiger partial charge in [-0.15, -0.1) is 0 Å². The molecule has 0 radical (unpaired) electrons. The molecule has 624 valence electrons. The lowest BCUT2D eigenvalue weighted by molar-refractivity contribution is -0.379. The molecule has 3 aliphatic rings. The molecule has 107 heavy (non-hydrogen) atoms. The van der Waals surface area contributed by atoms with Crippen LogP contribution in [0.3, 0.4) is 0 Å². The predicted octanol–water partition coefficient (Wildman–Crippen LogP) is 16.0. The summed E-state index contributed by atoms with van der Waals surface area (Å²) in [6.45, 7) is 1.66. The minimum atomic E-state index is -1.98. The number of carbonyl (C=O) groups excluding carboxylic acids is 1. The smallest absolute Gasteiger partial charge is 0.220 e. The molecule has 3 rings (SSSR count). The third-order valence-electron chi connectivity index (χ3n) is 21.5. The lowest BCUT2D eigenvalue weighted by atomic mass is 9.96. The minimum absolute atomic E-state index is 0.237. The third kappa shape index (κ3) is 46.9. The molecule has 19 heteroatoms. The lowest BCUT2D eigenvalue weighted by Crippen LogP contribution is -2.66. The van der Waals surface area contributed by atoms with Crippen LogP contribution in [0.5, 0.6) is 0 Å². The van der Waals surface area contributed by atoms with E-state index in [2.05, 4.69) is 79.9 Å². The van der Waals surface area contributed by atoms with Gasteiger partial charge < -0.3 is 89.9 Å². The van der Waals surface area contributed by atoms with Crippen LogP contribution in [0.2, 0.25) is 0 Å². The molecule has 0 aromatic carbocycles. The molecule has 0 aromatic heterocycles. The highest BCUT2D eigenvalue weighted by Crippen LogP contribution is 2.33. The molecule has 1 amide bonds. The molecule has 17 unspecified atom stereocenters. The average molecular weight is 1520 g/mol. The molecule has 3 aliphatic heterocycles. The van der Waals surface area contributed by atoms with E-state index in [4.69, 9.17) is 28.4 Å². The SMILES string of the molecule is CC/C=C\C/C=C\C/C=C\C/C=C\CCCCCCCCCCCCCCCCCCCCCCCCC(=O)NC(COC1OC(CO)C(OC2OC(CO)C(OC3OC(CO)C(O)C(O)C3O)C(O)C2O)C(O)C1O)C(O)/C=C/CC/C=C/CCCCCCCCCCCCCCCCCCCCCCC. The van der Waals surface area contributed by atoms with Crippen molar-refractivity contribution in [1.29, 1.82) is 0 Å². The lowest BCUT2D eigenvalue weighted by Gasteiger charge is -2.48. The Labute approximate surface area is 648 Å². The number of carbonyl (C=O) groups is 1. The molecule has 19 nitrogen and oxygen atoms in total. The zero-order valence-electron chi connectivity index (χ0n) is 67.1. The van der Waals surface area contributed by atoms with Gasteiger partial charge >= 0.3 is 0 Å². The Balaban J connectivity index is 1.34. The number of hydrogen-bond acceptors (Lipinski definition) is 18. The first kappa shape index (κ1) is 98.4. The maximum absolute atomic E-state index is 13.5. The molecule has 0 saturated carbocycles. The second-order valence-corrected chi connectivity index (χ2v) is 31.0. The van der Waals surface area contributed by atoms with E-state index in [1.165, 1.54) is 250 Å². The number of unbranched alkanes of at least 4 members (excludes halogenated alkanes) is 44. The fourth-order valence-corrected chi connectivity index (χ4v) is 14.6. The van der Waals surface area contributed by atoms with Gasteiger partial charge in [0.25, 0.3) is 0 Å². The number of amides is 1. The van der Waals surface area contributed by atoms with Gasteiger partial charge in [-0.2, -0.15) is 0 Å². The van der Waals surface area contributed by atoms with Gasteiger partial charge in [-0.25, -0.2) is 0 Å². The Morgan fingerprint density at radius 2 is 0.654 bits per heavy atom. The zero-order valence-corrected chi connectivity index (χ0v) is 67.1. The molecule has 3 heterocycles. The summed E-state index contributed by atoms with van der Waals surface area (Å²) >= 11 is 0. The Bertz CT molecular complexity index is 2210. The monoisotopic (exact) mass is 1520 g/mol. The summed E-state index contributed by atoms with van der Waals surface area (Å²) in [6, 6.07) is -0.993. The normalized spacial score (nSPS) is 25.9. The van der Waals surface area contributed by atoms with E-state index in [9.17, 15) is 61.0 Å². The number of nitrogens with one attached hydrogen (secondary N) is 1. The largest absolute Gasteiger partial charge is 0.394 e. The van der Waals surface area contributed by atoms with E-state index in [1.54, 1.807) is 6.08 Å². The number of aliphatic hydroxyl groups is 11. The summed E-state index contributed by atoms with van der Waals surface area (Å²) in [5.41, 5.74) is 0. The second-order valence-electron chi connectivity index (χ2n) is 31.0. The van der Waals surface area contributed by atoms with Gasteiger partial charge in [-0.3, -0.25) is 4.79 Å². The Morgan fingerprint density at radius 3 is 1.05 bits per heavy atom. The minimum Gasteiger partial charge on any atom is -0.394 e. The number of ether oxygens (including phenoxy) is 6. The summed E-state index contributed by atoms with van der Waals surface area (Å²) in [5.74, 6) is -0.280. The third-order valence-corrected chi connectivity index (χ3v) is 21.5.